The normalized spacial score (nSPS) is 21.7. The first kappa shape index (κ1) is 14.9. The van der Waals surface area contributed by atoms with E-state index in [-0.39, 0.29) is 17.8 Å². The number of hydrogen-bond acceptors (Lipinski definition) is 3. The molecule has 1 unspecified atom stereocenters. The standard InChI is InChI=1S/C15H18ClNO3/c1-10-5-4-6-11(2)13(10)17(12(18)9-16)15(3)7-8-20-14(15)19/h4-6H,7-9H2,1-3H3. The molecule has 0 bridgehead atoms. The van der Waals surface area contributed by atoms with Crippen molar-refractivity contribution < 1.29 is 14.3 Å². The van der Waals surface area contributed by atoms with Crippen LogP contribution in [0.4, 0.5) is 5.69 Å². The summed E-state index contributed by atoms with van der Waals surface area (Å²) in [5.74, 6) is -0.833. The molecule has 1 aliphatic heterocycles. The lowest BCUT2D eigenvalue weighted by molar-refractivity contribution is -0.143. The summed E-state index contributed by atoms with van der Waals surface area (Å²) in [5.41, 5.74) is 1.64. The maximum Gasteiger partial charge on any atom is 0.332 e. The number of cyclic esters (lactones) is 1. The maximum atomic E-state index is 12.3. The van der Waals surface area contributed by atoms with E-state index >= 15 is 0 Å². The van der Waals surface area contributed by atoms with Crippen LogP contribution in [0.3, 0.4) is 0 Å². The summed E-state index contributed by atoms with van der Waals surface area (Å²) in [4.78, 5) is 25.9. The van der Waals surface area contributed by atoms with Crippen molar-refractivity contribution in [2.45, 2.75) is 32.7 Å². The van der Waals surface area contributed by atoms with Gasteiger partial charge >= 0.3 is 5.97 Å². The fraction of sp³-hybridized carbons (Fsp3) is 0.467. The molecule has 0 saturated carbocycles. The predicted octanol–water partition coefficient (Wildman–Crippen LogP) is 2.58. The molecule has 0 aliphatic carbocycles. The molecule has 108 valence electrons. The Morgan fingerprint density at radius 1 is 1.40 bits per heavy atom. The Labute approximate surface area is 123 Å². The first-order valence-electron chi connectivity index (χ1n) is 6.54. The van der Waals surface area contributed by atoms with Crippen molar-refractivity contribution in [1.82, 2.24) is 0 Å². The van der Waals surface area contributed by atoms with Crippen LogP contribution in [0.2, 0.25) is 0 Å². The Hall–Kier alpha value is -1.55. The number of para-hydroxylation sites is 1. The monoisotopic (exact) mass is 295 g/mol. The highest BCUT2D eigenvalue weighted by Crippen LogP contribution is 2.36. The number of aryl methyl sites for hydroxylation is 2. The van der Waals surface area contributed by atoms with E-state index < -0.39 is 5.54 Å². The van der Waals surface area contributed by atoms with Gasteiger partial charge in [0.1, 0.15) is 11.4 Å². The molecule has 5 heteroatoms. The number of hydrogen-bond donors (Lipinski definition) is 0. The van der Waals surface area contributed by atoms with Gasteiger partial charge in [0.05, 0.1) is 12.3 Å². The molecule has 4 nitrogen and oxygen atoms in total. The topological polar surface area (TPSA) is 46.6 Å². The van der Waals surface area contributed by atoms with Crippen LogP contribution in [-0.4, -0.2) is 29.9 Å². The van der Waals surface area contributed by atoms with E-state index in [0.717, 1.165) is 16.8 Å². The lowest BCUT2D eigenvalue weighted by Crippen LogP contribution is -2.54. The molecule has 1 atom stereocenters. The van der Waals surface area contributed by atoms with Gasteiger partial charge in [-0.3, -0.25) is 9.69 Å². The Morgan fingerprint density at radius 2 is 2.00 bits per heavy atom. The molecule has 1 aliphatic rings. The molecule has 0 N–H and O–H groups in total. The van der Waals surface area contributed by atoms with Gasteiger partial charge in [-0.2, -0.15) is 0 Å². The van der Waals surface area contributed by atoms with E-state index in [1.54, 1.807) is 6.92 Å². The number of ether oxygens (including phenoxy) is 1. The Morgan fingerprint density at radius 3 is 2.45 bits per heavy atom. The molecular formula is C15H18ClNO3. The average Bonchev–Trinajstić information content (AvgIpc) is 2.74. The number of anilines is 1. The summed E-state index contributed by atoms with van der Waals surface area (Å²) in [7, 11) is 0. The summed E-state index contributed by atoms with van der Waals surface area (Å²) in [6.07, 6.45) is 0.474. The first-order valence-corrected chi connectivity index (χ1v) is 7.07. The van der Waals surface area contributed by atoms with Gasteiger partial charge in [-0.1, -0.05) is 18.2 Å². The van der Waals surface area contributed by atoms with Crippen LogP contribution in [0.15, 0.2) is 18.2 Å². The molecule has 1 saturated heterocycles. The summed E-state index contributed by atoms with van der Waals surface area (Å²) >= 11 is 5.75. The summed E-state index contributed by atoms with van der Waals surface area (Å²) < 4.78 is 5.07. The number of nitrogens with zero attached hydrogens (tertiary/aromatic N) is 1. The molecule has 0 radical (unpaired) electrons. The lowest BCUT2D eigenvalue weighted by atomic mass is 9.94. The van der Waals surface area contributed by atoms with Gasteiger partial charge in [-0.05, 0) is 31.9 Å². The highest BCUT2D eigenvalue weighted by Gasteiger charge is 2.48. The van der Waals surface area contributed by atoms with E-state index in [1.807, 2.05) is 32.0 Å². The van der Waals surface area contributed by atoms with Crippen molar-refractivity contribution >= 4 is 29.2 Å². The van der Waals surface area contributed by atoms with Gasteiger partial charge in [0, 0.05) is 6.42 Å². The summed E-state index contributed by atoms with van der Waals surface area (Å²) in [6.45, 7) is 5.89. The van der Waals surface area contributed by atoms with Gasteiger partial charge in [-0.25, -0.2) is 4.79 Å². The van der Waals surface area contributed by atoms with E-state index in [0.29, 0.717) is 13.0 Å². The quantitative estimate of drug-likeness (QED) is 0.636. The van der Waals surface area contributed by atoms with Crippen LogP contribution in [0.5, 0.6) is 0 Å². The van der Waals surface area contributed by atoms with Gasteiger partial charge in [-0.15, -0.1) is 11.6 Å². The molecule has 1 amide bonds. The molecule has 20 heavy (non-hydrogen) atoms. The molecule has 0 aromatic heterocycles. The van der Waals surface area contributed by atoms with Gasteiger partial charge in [0.25, 0.3) is 0 Å². The average molecular weight is 296 g/mol. The second kappa shape index (κ2) is 5.44. The van der Waals surface area contributed by atoms with Crippen molar-refractivity contribution in [3.05, 3.63) is 29.3 Å². The fourth-order valence-corrected chi connectivity index (χ4v) is 2.79. The number of rotatable bonds is 3. The summed E-state index contributed by atoms with van der Waals surface area (Å²) in [6, 6.07) is 5.76. The Bertz CT molecular complexity index is 538. The van der Waals surface area contributed by atoms with Gasteiger partial charge in [0.2, 0.25) is 5.91 Å². The molecule has 1 aromatic rings. The second-order valence-electron chi connectivity index (χ2n) is 5.26. The number of amides is 1. The van der Waals surface area contributed by atoms with Crippen LogP contribution < -0.4 is 4.90 Å². The third-order valence-electron chi connectivity index (χ3n) is 3.78. The number of alkyl halides is 1. The van der Waals surface area contributed by atoms with Gasteiger partial charge in [0.15, 0.2) is 0 Å². The smallest absolute Gasteiger partial charge is 0.332 e. The number of carbonyl (C=O) groups excluding carboxylic acids is 2. The van der Waals surface area contributed by atoms with E-state index in [9.17, 15) is 9.59 Å². The Kier molecular flexibility index (Phi) is 4.04. The minimum absolute atomic E-state index is 0.170. The zero-order chi connectivity index (χ0) is 14.9. The molecule has 1 fully saturated rings. The Balaban J connectivity index is 2.60. The molecule has 2 rings (SSSR count). The first-order chi connectivity index (χ1) is 9.41. The van der Waals surface area contributed by atoms with Crippen molar-refractivity contribution in [1.29, 1.82) is 0 Å². The SMILES string of the molecule is Cc1cccc(C)c1N(C(=O)CCl)C1(C)CCOC1=O. The third-order valence-corrected chi connectivity index (χ3v) is 4.01. The van der Waals surface area contributed by atoms with E-state index in [2.05, 4.69) is 0 Å². The molecule has 1 aromatic carbocycles. The second-order valence-corrected chi connectivity index (χ2v) is 5.53. The van der Waals surface area contributed by atoms with Gasteiger partial charge < -0.3 is 4.74 Å². The van der Waals surface area contributed by atoms with Crippen molar-refractivity contribution in [3.63, 3.8) is 0 Å². The van der Waals surface area contributed by atoms with E-state index in [4.69, 9.17) is 16.3 Å². The number of halogens is 1. The fourth-order valence-electron chi connectivity index (χ4n) is 2.67. The van der Waals surface area contributed by atoms with Crippen LogP contribution in [0.25, 0.3) is 0 Å². The lowest BCUT2D eigenvalue weighted by Gasteiger charge is -2.36. The molecular weight excluding hydrogens is 278 g/mol. The minimum Gasteiger partial charge on any atom is -0.464 e. The van der Waals surface area contributed by atoms with Crippen LogP contribution in [-0.2, 0) is 14.3 Å². The highest BCUT2D eigenvalue weighted by molar-refractivity contribution is 6.30. The van der Waals surface area contributed by atoms with Crippen molar-refractivity contribution in [2.24, 2.45) is 0 Å². The van der Waals surface area contributed by atoms with Crippen molar-refractivity contribution in [2.75, 3.05) is 17.4 Å². The third kappa shape index (κ3) is 2.29. The zero-order valence-corrected chi connectivity index (χ0v) is 12.7. The number of esters is 1. The molecule has 1 heterocycles. The highest BCUT2D eigenvalue weighted by atomic mass is 35.5. The van der Waals surface area contributed by atoms with Crippen LogP contribution >= 0.6 is 11.6 Å². The van der Waals surface area contributed by atoms with Crippen LogP contribution in [0, 0.1) is 13.8 Å². The van der Waals surface area contributed by atoms with Crippen LogP contribution in [0.1, 0.15) is 24.5 Å². The van der Waals surface area contributed by atoms with Crippen molar-refractivity contribution in [3.8, 4) is 0 Å². The van der Waals surface area contributed by atoms with E-state index in [1.165, 1.54) is 4.90 Å². The zero-order valence-electron chi connectivity index (χ0n) is 11.9. The minimum atomic E-state index is -0.983. The maximum absolute atomic E-state index is 12.3. The number of benzene rings is 1. The number of carbonyl (C=O) groups is 2. The largest absolute Gasteiger partial charge is 0.464 e. The predicted molar refractivity (Wildman–Crippen MR) is 78.1 cm³/mol. The summed E-state index contributed by atoms with van der Waals surface area (Å²) in [5, 5.41) is 0. The molecule has 0 spiro atoms.